The summed E-state index contributed by atoms with van der Waals surface area (Å²) in [5.41, 5.74) is -0.00823. The number of rotatable bonds is 5. The summed E-state index contributed by atoms with van der Waals surface area (Å²) in [6.45, 7) is 1.59. The second-order valence-corrected chi connectivity index (χ2v) is 9.33. The molecule has 1 N–H and O–H groups in total. The summed E-state index contributed by atoms with van der Waals surface area (Å²) in [5.74, 6) is 0. The van der Waals surface area contributed by atoms with Gasteiger partial charge in [-0.05, 0) is 36.8 Å². The first-order valence-electron chi connectivity index (χ1n) is 6.69. The highest BCUT2D eigenvalue weighted by atomic mass is 35.5. The first-order valence-corrected chi connectivity index (χ1v) is 10.4. The molecule has 11 heteroatoms. The van der Waals surface area contributed by atoms with Crippen LogP contribution in [0.3, 0.4) is 0 Å². The van der Waals surface area contributed by atoms with Crippen LogP contribution in [-0.4, -0.2) is 28.0 Å². The minimum absolute atomic E-state index is 0.0560. The fraction of sp³-hybridized carbons (Fsp3) is 0.143. The molecule has 0 aliphatic heterocycles. The zero-order valence-corrected chi connectivity index (χ0v) is 15.4. The van der Waals surface area contributed by atoms with Gasteiger partial charge in [0.25, 0.3) is 15.7 Å². The zero-order chi connectivity index (χ0) is 19.0. The Hall–Kier alpha value is -2.17. The summed E-state index contributed by atoms with van der Waals surface area (Å²) in [5, 5.41) is 10.7. The van der Waals surface area contributed by atoms with Gasteiger partial charge in [0.1, 0.15) is 5.02 Å². The van der Waals surface area contributed by atoms with Crippen LogP contribution in [0.15, 0.2) is 46.2 Å². The largest absolute Gasteiger partial charge is 0.289 e. The van der Waals surface area contributed by atoms with Gasteiger partial charge < -0.3 is 0 Å². The van der Waals surface area contributed by atoms with Crippen molar-refractivity contribution in [2.45, 2.75) is 16.7 Å². The molecule has 25 heavy (non-hydrogen) atoms. The maximum Gasteiger partial charge on any atom is 0.289 e. The zero-order valence-electron chi connectivity index (χ0n) is 13.1. The number of benzene rings is 2. The van der Waals surface area contributed by atoms with Gasteiger partial charge in [0.05, 0.1) is 20.4 Å². The van der Waals surface area contributed by atoms with Crippen molar-refractivity contribution in [3.8, 4) is 0 Å². The van der Waals surface area contributed by atoms with Crippen molar-refractivity contribution in [1.82, 2.24) is 0 Å². The van der Waals surface area contributed by atoms with Crippen LogP contribution >= 0.6 is 11.6 Å². The van der Waals surface area contributed by atoms with Crippen LogP contribution in [0, 0.1) is 17.0 Å². The number of anilines is 1. The Morgan fingerprint density at radius 1 is 1.04 bits per heavy atom. The van der Waals surface area contributed by atoms with E-state index in [9.17, 15) is 26.9 Å². The molecule has 8 nitrogen and oxygen atoms in total. The standard InChI is InChI=1S/C14H13ClN2O6S2/c1-9-3-4-10(24(2,20)21)7-13(9)16-25(22,23)11-5-6-12(15)14(8-11)17(18)19/h3-8,16H,1-2H3. The van der Waals surface area contributed by atoms with E-state index in [1.165, 1.54) is 18.2 Å². The van der Waals surface area contributed by atoms with E-state index in [1.807, 2.05) is 0 Å². The van der Waals surface area contributed by atoms with E-state index < -0.39 is 30.5 Å². The molecule has 0 amide bonds. The number of hydrogen-bond donors (Lipinski definition) is 1. The van der Waals surface area contributed by atoms with E-state index in [0.29, 0.717) is 5.56 Å². The molecule has 2 aromatic rings. The molecule has 0 saturated carbocycles. The topological polar surface area (TPSA) is 123 Å². The summed E-state index contributed by atoms with van der Waals surface area (Å²) in [7, 11) is -7.71. The van der Waals surface area contributed by atoms with Crippen LogP contribution in [0.2, 0.25) is 5.02 Å². The molecular formula is C14H13ClN2O6S2. The number of halogens is 1. The van der Waals surface area contributed by atoms with Crippen molar-refractivity contribution >= 4 is 42.8 Å². The third-order valence-electron chi connectivity index (χ3n) is 3.31. The lowest BCUT2D eigenvalue weighted by Crippen LogP contribution is -2.14. The number of nitro groups is 1. The summed E-state index contributed by atoms with van der Waals surface area (Å²) in [6.07, 6.45) is 0.999. The summed E-state index contributed by atoms with van der Waals surface area (Å²) >= 11 is 5.67. The molecule has 0 heterocycles. The van der Waals surface area contributed by atoms with Crippen molar-refractivity contribution < 1.29 is 21.8 Å². The monoisotopic (exact) mass is 404 g/mol. The average molecular weight is 405 g/mol. The van der Waals surface area contributed by atoms with Crippen LogP contribution in [0.5, 0.6) is 0 Å². The highest BCUT2D eigenvalue weighted by Crippen LogP contribution is 2.29. The van der Waals surface area contributed by atoms with Crippen molar-refractivity contribution in [2.75, 3.05) is 11.0 Å². The molecule has 0 spiro atoms. The van der Waals surface area contributed by atoms with Crippen molar-refractivity contribution in [1.29, 1.82) is 0 Å². The van der Waals surface area contributed by atoms with Gasteiger partial charge in [0.2, 0.25) is 0 Å². The van der Waals surface area contributed by atoms with Crippen LogP contribution in [0.25, 0.3) is 0 Å². The van der Waals surface area contributed by atoms with Crippen LogP contribution in [0.4, 0.5) is 11.4 Å². The molecular weight excluding hydrogens is 392 g/mol. The quantitative estimate of drug-likeness (QED) is 0.603. The Bertz CT molecular complexity index is 1060. The van der Waals surface area contributed by atoms with Gasteiger partial charge in [-0.15, -0.1) is 0 Å². The number of aryl methyl sites for hydroxylation is 1. The SMILES string of the molecule is Cc1ccc(S(C)(=O)=O)cc1NS(=O)(=O)c1ccc(Cl)c([N+](=O)[O-])c1. The lowest BCUT2D eigenvalue weighted by Gasteiger charge is -2.12. The summed E-state index contributed by atoms with van der Waals surface area (Å²) < 4.78 is 50.4. The van der Waals surface area contributed by atoms with Crippen LogP contribution in [-0.2, 0) is 19.9 Å². The number of sulfonamides is 1. The molecule has 0 saturated heterocycles. The lowest BCUT2D eigenvalue weighted by molar-refractivity contribution is -0.384. The molecule has 0 bridgehead atoms. The van der Waals surface area contributed by atoms with Crippen molar-refractivity contribution in [3.05, 3.63) is 57.1 Å². The van der Waals surface area contributed by atoms with Crippen molar-refractivity contribution in [2.24, 2.45) is 0 Å². The Morgan fingerprint density at radius 3 is 2.20 bits per heavy atom. The minimum Gasteiger partial charge on any atom is -0.279 e. The summed E-state index contributed by atoms with van der Waals surface area (Å²) in [6, 6.07) is 7.06. The Balaban J connectivity index is 2.50. The maximum absolute atomic E-state index is 12.5. The Labute approximate surface area is 149 Å². The highest BCUT2D eigenvalue weighted by Gasteiger charge is 2.22. The molecule has 134 valence electrons. The first kappa shape index (κ1) is 19.2. The number of hydrogen-bond acceptors (Lipinski definition) is 6. The molecule has 2 aromatic carbocycles. The van der Waals surface area contributed by atoms with Gasteiger partial charge in [-0.3, -0.25) is 14.8 Å². The van der Waals surface area contributed by atoms with E-state index in [-0.39, 0.29) is 20.5 Å². The molecule has 0 aromatic heterocycles. The molecule has 0 fully saturated rings. The maximum atomic E-state index is 12.5. The Morgan fingerprint density at radius 2 is 1.64 bits per heavy atom. The number of nitro benzene ring substituents is 1. The van der Waals surface area contributed by atoms with E-state index in [4.69, 9.17) is 11.6 Å². The third-order valence-corrected chi connectivity index (χ3v) is 6.10. The second-order valence-electron chi connectivity index (χ2n) is 5.22. The smallest absolute Gasteiger partial charge is 0.279 e. The Kier molecular flexibility index (Phi) is 5.07. The van der Waals surface area contributed by atoms with Gasteiger partial charge in [-0.25, -0.2) is 16.8 Å². The first-order chi connectivity index (χ1) is 11.4. The minimum atomic E-state index is -4.18. The highest BCUT2D eigenvalue weighted by molar-refractivity contribution is 7.92. The third kappa shape index (κ3) is 4.27. The van der Waals surface area contributed by atoms with Gasteiger partial charge in [-0.1, -0.05) is 17.7 Å². The molecule has 0 aliphatic rings. The van der Waals surface area contributed by atoms with E-state index in [0.717, 1.165) is 24.5 Å². The number of sulfone groups is 1. The average Bonchev–Trinajstić information content (AvgIpc) is 2.48. The van der Waals surface area contributed by atoms with Gasteiger partial charge in [0.15, 0.2) is 9.84 Å². The molecule has 0 aliphatic carbocycles. The predicted molar refractivity (Wildman–Crippen MR) is 93.2 cm³/mol. The fourth-order valence-corrected chi connectivity index (χ4v) is 3.92. The van der Waals surface area contributed by atoms with Gasteiger partial charge in [-0.2, -0.15) is 0 Å². The van der Waals surface area contributed by atoms with Gasteiger partial charge >= 0.3 is 0 Å². The van der Waals surface area contributed by atoms with Crippen molar-refractivity contribution in [3.63, 3.8) is 0 Å². The second kappa shape index (κ2) is 6.62. The molecule has 2 rings (SSSR count). The number of nitrogens with zero attached hydrogens (tertiary/aromatic N) is 1. The molecule has 0 unspecified atom stereocenters. The van der Waals surface area contributed by atoms with Gasteiger partial charge in [0, 0.05) is 12.3 Å². The van der Waals surface area contributed by atoms with Crippen LogP contribution in [0.1, 0.15) is 5.56 Å². The van der Waals surface area contributed by atoms with Crippen LogP contribution < -0.4 is 4.72 Å². The predicted octanol–water partition coefficient (Wildman–Crippen LogP) is 2.76. The van der Waals surface area contributed by atoms with E-state index in [2.05, 4.69) is 4.72 Å². The van der Waals surface area contributed by atoms with E-state index in [1.54, 1.807) is 6.92 Å². The summed E-state index contributed by atoms with van der Waals surface area (Å²) in [4.78, 5) is 9.69. The number of nitrogens with one attached hydrogen (secondary N) is 1. The lowest BCUT2D eigenvalue weighted by atomic mass is 10.2. The normalized spacial score (nSPS) is 12.0. The molecule has 0 atom stereocenters. The van der Waals surface area contributed by atoms with E-state index >= 15 is 0 Å². The fourth-order valence-electron chi connectivity index (χ4n) is 1.94. The molecule has 0 radical (unpaired) electrons.